The fraction of sp³-hybridized carbons (Fsp3) is 0.483. The van der Waals surface area contributed by atoms with Gasteiger partial charge in [-0.3, -0.25) is 9.59 Å². The lowest BCUT2D eigenvalue weighted by atomic mass is 9.93. The number of para-hydroxylation sites is 1. The number of carbonyl (C=O) groups excluding carboxylic acids is 3. The summed E-state index contributed by atoms with van der Waals surface area (Å²) in [4.78, 5) is 42.1. The quantitative estimate of drug-likeness (QED) is 0.455. The number of halogens is 1. The van der Waals surface area contributed by atoms with Crippen LogP contribution in [0, 0.1) is 26.7 Å². The Hall–Kier alpha value is -3.06. The number of nitrogens with one attached hydrogen (secondary N) is 2. The third-order valence-corrected chi connectivity index (χ3v) is 6.91. The van der Waals surface area contributed by atoms with Gasteiger partial charge in [-0.05, 0) is 89.1 Å². The van der Waals surface area contributed by atoms with Crippen molar-refractivity contribution >= 4 is 35.2 Å². The molecule has 4 unspecified atom stereocenters. The van der Waals surface area contributed by atoms with Gasteiger partial charge in [0, 0.05) is 6.04 Å². The summed E-state index contributed by atoms with van der Waals surface area (Å²) in [6.07, 6.45) is 0.0852. The normalized spacial score (nSPS) is 18.4. The smallest absolute Gasteiger partial charge is 0.408 e. The summed E-state index contributed by atoms with van der Waals surface area (Å²) in [5.74, 6) is -0.483. The Bertz CT molecular complexity index is 1150. The predicted octanol–water partition coefficient (Wildman–Crippen LogP) is 6.10. The molecule has 8 heteroatoms. The van der Waals surface area contributed by atoms with Crippen molar-refractivity contribution in [1.82, 2.24) is 10.2 Å². The number of benzene rings is 2. The van der Waals surface area contributed by atoms with Crippen LogP contribution in [0.25, 0.3) is 0 Å². The first-order chi connectivity index (χ1) is 17.2. The van der Waals surface area contributed by atoms with Crippen LogP contribution >= 0.6 is 11.6 Å². The van der Waals surface area contributed by atoms with E-state index in [1.807, 2.05) is 51.1 Å². The number of rotatable bonds is 7. The fourth-order valence-corrected chi connectivity index (χ4v) is 4.85. The molecule has 0 bridgehead atoms. The molecule has 2 N–H and O–H groups in total. The van der Waals surface area contributed by atoms with Gasteiger partial charge in [0.05, 0.1) is 10.7 Å². The van der Waals surface area contributed by atoms with Gasteiger partial charge in [-0.25, -0.2) is 4.79 Å². The molecule has 1 fully saturated rings. The zero-order chi connectivity index (χ0) is 27.7. The average Bonchev–Trinajstić information content (AvgIpc) is 3.49. The van der Waals surface area contributed by atoms with E-state index in [1.165, 1.54) is 0 Å². The Morgan fingerprint density at radius 3 is 2.08 bits per heavy atom. The summed E-state index contributed by atoms with van der Waals surface area (Å²) >= 11 is 6.43. The SMILES string of the molecule is Cc1cccc(Cl)c1NC(=O)C(c1c(C)cccc1C)N(C(=O)C(C)NC(=O)OC(C)(C)C)C1CC1C. The minimum atomic E-state index is -0.915. The molecular formula is C29H38ClN3O4. The van der Waals surface area contributed by atoms with Crippen molar-refractivity contribution in [3.63, 3.8) is 0 Å². The standard InChI is InChI=1S/C29H38ClN3O4/c1-16-11-9-12-17(2)23(16)25(26(34)32-24-18(3)13-10-14-21(24)30)33(22-15-19(22)4)27(35)20(5)31-28(36)37-29(6,7)8/h9-14,19-20,22,25H,15H2,1-8H3,(H,31,36)(H,32,34). The molecule has 37 heavy (non-hydrogen) atoms. The molecule has 0 aliphatic heterocycles. The second kappa shape index (κ2) is 11.1. The van der Waals surface area contributed by atoms with Crippen molar-refractivity contribution in [2.45, 2.75) is 85.5 Å². The van der Waals surface area contributed by atoms with E-state index in [0.717, 1.165) is 28.7 Å². The van der Waals surface area contributed by atoms with Crippen LogP contribution in [0.2, 0.25) is 5.02 Å². The van der Waals surface area contributed by atoms with E-state index in [2.05, 4.69) is 17.6 Å². The first-order valence-corrected chi connectivity index (χ1v) is 13.0. The van der Waals surface area contributed by atoms with Crippen molar-refractivity contribution in [3.05, 3.63) is 63.7 Å². The second-order valence-electron chi connectivity index (χ2n) is 11.0. The number of hydrogen-bond acceptors (Lipinski definition) is 4. The summed E-state index contributed by atoms with van der Waals surface area (Å²) in [6.45, 7) is 14.7. The van der Waals surface area contributed by atoms with Crippen LogP contribution in [0.3, 0.4) is 0 Å². The van der Waals surface area contributed by atoms with Crippen molar-refractivity contribution in [2.24, 2.45) is 5.92 Å². The van der Waals surface area contributed by atoms with Crippen LogP contribution in [-0.2, 0) is 14.3 Å². The van der Waals surface area contributed by atoms with Gasteiger partial charge in [-0.1, -0.05) is 48.9 Å². The zero-order valence-corrected chi connectivity index (χ0v) is 23.7. The maximum absolute atomic E-state index is 14.1. The molecule has 200 valence electrons. The molecule has 0 radical (unpaired) electrons. The van der Waals surface area contributed by atoms with Gasteiger partial charge in [0.2, 0.25) is 5.91 Å². The molecule has 1 saturated carbocycles. The monoisotopic (exact) mass is 527 g/mol. The van der Waals surface area contributed by atoms with Gasteiger partial charge in [-0.15, -0.1) is 0 Å². The van der Waals surface area contributed by atoms with Gasteiger partial charge in [-0.2, -0.15) is 0 Å². The maximum Gasteiger partial charge on any atom is 0.408 e. The largest absolute Gasteiger partial charge is 0.444 e. The van der Waals surface area contributed by atoms with Gasteiger partial charge in [0.15, 0.2) is 0 Å². The predicted molar refractivity (Wildman–Crippen MR) is 147 cm³/mol. The van der Waals surface area contributed by atoms with E-state index in [-0.39, 0.29) is 23.8 Å². The lowest BCUT2D eigenvalue weighted by Crippen LogP contribution is -2.52. The minimum absolute atomic E-state index is 0.141. The van der Waals surface area contributed by atoms with Gasteiger partial charge in [0.1, 0.15) is 17.7 Å². The average molecular weight is 528 g/mol. The number of aryl methyl sites for hydroxylation is 3. The molecule has 7 nitrogen and oxygen atoms in total. The summed E-state index contributed by atoms with van der Waals surface area (Å²) < 4.78 is 5.36. The number of alkyl carbamates (subject to hydrolysis) is 1. The molecule has 3 amide bonds. The fourth-order valence-electron chi connectivity index (χ4n) is 4.58. The van der Waals surface area contributed by atoms with Crippen LogP contribution in [0.4, 0.5) is 10.5 Å². The Kier molecular flexibility index (Phi) is 8.58. The van der Waals surface area contributed by atoms with Crippen molar-refractivity contribution < 1.29 is 19.1 Å². The lowest BCUT2D eigenvalue weighted by Gasteiger charge is -2.35. The van der Waals surface area contributed by atoms with Crippen molar-refractivity contribution in [3.8, 4) is 0 Å². The Balaban J connectivity index is 2.04. The highest BCUT2D eigenvalue weighted by Crippen LogP contribution is 2.42. The Morgan fingerprint density at radius 2 is 1.57 bits per heavy atom. The Morgan fingerprint density at radius 1 is 1.03 bits per heavy atom. The molecule has 3 rings (SSSR count). The first-order valence-electron chi connectivity index (χ1n) is 12.6. The Labute approximate surface area is 224 Å². The highest BCUT2D eigenvalue weighted by molar-refractivity contribution is 6.34. The number of ether oxygens (including phenoxy) is 1. The van der Waals surface area contributed by atoms with E-state index in [1.54, 1.807) is 38.7 Å². The summed E-state index contributed by atoms with van der Waals surface area (Å²) in [5, 5.41) is 6.07. The topological polar surface area (TPSA) is 87.7 Å². The van der Waals surface area contributed by atoms with E-state index in [0.29, 0.717) is 10.7 Å². The van der Waals surface area contributed by atoms with Gasteiger partial charge >= 0.3 is 6.09 Å². The summed E-state index contributed by atoms with van der Waals surface area (Å²) in [6, 6.07) is 9.26. The molecule has 2 aromatic rings. The molecule has 1 aliphatic rings. The second-order valence-corrected chi connectivity index (χ2v) is 11.4. The first kappa shape index (κ1) is 28.5. The number of nitrogens with zero attached hydrogens (tertiary/aromatic N) is 1. The summed E-state index contributed by atoms with van der Waals surface area (Å²) in [7, 11) is 0. The van der Waals surface area contributed by atoms with Crippen LogP contribution in [-0.4, -0.2) is 40.5 Å². The highest BCUT2D eigenvalue weighted by atomic mass is 35.5. The molecule has 4 atom stereocenters. The van der Waals surface area contributed by atoms with Crippen LogP contribution in [0.5, 0.6) is 0 Å². The van der Waals surface area contributed by atoms with Crippen LogP contribution in [0.15, 0.2) is 36.4 Å². The molecule has 2 aromatic carbocycles. The highest BCUT2D eigenvalue weighted by Gasteiger charge is 2.48. The minimum Gasteiger partial charge on any atom is -0.444 e. The van der Waals surface area contributed by atoms with E-state index < -0.39 is 23.8 Å². The van der Waals surface area contributed by atoms with E-state index in [9.17, 15) is 14.4 Å². The molecule has 0 saturated heterocycles. The molecule has 0 spiro atoms. The van der Waals surface area contributed by atoms with Crippen molar-refractivity contribution in [1.29, 1.82) is 0 Å². The molecule has 0 aromatic heterocycles. The third kappa shape index (κ3) is 6.83. The van der Waals surface area contributed by atoms with Crippen LogP contribution < -0.4 is 10.6 Å². The lowest BCUT2D eigenvalue weighted by molar-refractivity contribution is -0.141. The molecular weight excluding hydrogens is 490 g/mol. The summed E-state index contributed by atoms with van der Waals surface area (Å²) in [5.41, 5.74) is 3.19. The maximum atomic E-state index is 14.1. The van der Waals surface area contributed by atoms with Gasteiger partial charge in [0.25, 0.3) is 5.91 Å². The zero-order valence-electron chi connectivity index (χ0n) is 22.9. The number of carbonyl (C=O) groups is 3. The number of hydrogen-bond donors (Lipinski definition) is 2. The van der Waals surface area contributed by atoms with Gasteiger partial charge < -0.3 is 20.3 Å². The molecule has 0 heterocycles. The van der Waals surface area contributed by atoms with E-state index in [4.69, 9.17) is 16.3 Å². The number of anilines is 1. The van der Waals surface area contributed by atoms with Crippen molar-refractivity contribution in [2.75, 3.05) is 5.32 Å². The third-order valence-electron chi connectivity index (χ3n) is 6.59. The molecule has 1 aliphatic carbocycles. The van der Waals surface area contributed by atoms with E-state index >= 15 is 0 Å². The number of amides is 3. The van der Waals surface area contributed by atoms with Crippen LogP contribution in [0.1, 0.15) is 69.3 Å².